The molecule has 0 aliphatic rings. The zero-order valence-electron chi connectivity index (χ0n) is 23.1. The molecule has 0 aromatic heterocycles. The van der Waals surface area contributed by atoms with Crippen LogP contribution in [0.5, 0.6) is 0 Å². The lowest BCUT2D eigenvalue weighted by Gasteiger charge is -2.18. The summed E-state index contributed by atoms with van der Waals surface area (Å²) in [5.41, 5.74) is 0. The first-order valence-electron chi connectivity index (χ1n) is 14.5. The van der Waals surface area contributed by atoms with Crippen LogP contribution in [0.1, 0.15) is 149 Å². The van der Waals surface area contributed by atoms with Crippen molar-refractivity contribution in [1.29, 1.82) is 0 Å². The first-order valence-corrected chi connectivity index (χ1v) is 14.5. The minimum Gasteiger partial charge on any atom is -0.462 e. The summed E-state index contributed by atoms with van der Waals surface area (Å²) in [6.45, 7) is 6.37. The Hall–Kier alpha value is -1.59. The highest BCUT2D eigenvalue weighted by atomic mass is 16.6. The van der Waals surface area contributed by atoms with Crippen LogP contribution in [0, 0.1) is 0 Å². The first kappa shape index (κ1) is 33.4. The molecular weight excluding hydrogens is 444 g/mol. The Morgan fingerprint density at radius 3 is 1.14 bits per heavy atom. The third-order valence-corrected chi connectivity index (χ3v) is 6.11. The molecule has 0 heterocycles. The molecular formula is C29H54O6. The molecule has 6 heteroatoms. The topological polar surface area (TPSA) is 78.9 Å². The van der Waals surface area contributed by atoms with Gasteiger partial charge in [-0.1, -0.05) is 111 Å². The van der Waals surface area contributed by atoms with Crippen LogP contribution in [0.2, 0.25) is 0 Å². The largest absolute Gasteiger partial charge is 0.462 e. The van der Waals surface area contributed by atoms with Crippen molar-refractivity contribution in [3.8, 4) is 0 Å². The van der Waals surface area contributed by atoms with Crippen molar-refractivity contribution in [2.75, 3.05) is 13.2 Å². The number of hydrogen-bond acceptors (Lipinski definition) is 6. The molecule has 0 radical (unpaired) electrons. The van der Waals surface area contributed by atoms with Crippen molar-refractivity contribution in [3.05, 3.63) is 0 Å². The first-order chi connectivity index (χ1) is 17.0. The molecule has 0 unspecified atom stereocenters. The number of hydrogen-bond donors (Lipinski definition) is 0. The van der Waals surface area contributed by atoms with Gasteiger partial charge in [0, 0.05) is 19.3 Å². The van der Waals surface area contributed by atoms with Crippen LogP contribution in [0.4, 0.5) is 0 Å². The van der Waals surface area contributed by atoms with Gasteiger partial charge in [-0.2, -0.15) is 0 Å². The van der Waals surface area contributed by atoms with Crippen LogP contribution < -0.4 is 0 Å². The lowest BCUT2D eigenvalue weighted by Crippen LogP contribution is -2.30. The summed E-state index contributed by atoms with van der Waals surface area (Å²) in [5.74, 6) is -0.913. The highest BCUT2D eigenvalue weighted by molar-refractivity contribution is 5.71. The fourth-order valence-electron chi connectivity index (χ4n) is 3.85. The van der Waals surface area contributed by atoms with E-state index in [1.165, 1.54) is 44.9 Å². The van der Waals surface area contributed by atoms with Gasteiger partial charge in [0.25, 0.3) is 0 Å². The average molecular weight is 499 g/mol. The fraction of sp³-hybridized carbons (Fsp3) is 0.897. The van der Waals surface area contributed by atoms with E-state index in [0.29, 0.717) is 19.3 Å². The Morgan fingerprint density at radius 1 is 0.457 bits per heavy atom. The summed E-state index contributed by atoms with van der Waals surface area (Å²) in [6.07, 6.45) is 18.7. The molecule has 0 rings (SSSR count). The summed E-state index contributed by atoms with van der Waals surface area (Å²) in [4.78, 5) is 36.5. The molecule has 0 aliphatic carbocycles. The van der Waals surface area contributed by atoms with Gasteiger partial charge < -0.3 is 14.2 Å². The lowest BCUT2D eigenvalue weighted by atomic mass is 10.1. The molecule has 0 atom stereocenters. The van der Waals surface area contributed by atoms with E-state index in [9.17, 15) is 14.4 Å². The number of ether oxygens (including phenoxy) is 3. The predicted octanol–water partition coefficient (Wildman–Crippen LogP) is 7.85. The fourth-order valence-corrected chi connectivity index (χ4v) is 3.85. The molecule has 0 fully saturated rings. The number of carbonyl (C=O) groups excluding carboxylic acids is 3. The number of carbonyl (C=O) groups is 3. The van der Waals surface area contributed by atoms with Gasteiger partial charge in [-0.25, -0.2) is 0 Å². The number of esters is 3. The molecule has 0 saturated carbocycles. The van der Waals surface area contributed by atoms with Gasteiger partial charge in [0.05, 0.1) is 0 Å². The SMILES string of the molecule is CCCCCCCCC(=O)OCC(COC(=O)CCCCCCCC)OC(=O)CCCCCCC. The summed E-state index contributed by atoms with van der Waals surface area (Å²) >= 11 is 0. The van der Waals surface area contributed by atoms with Gasteiger partial charge in [-0.3, -0.25) is 14.4 Å². The molecule has 0 bridgehead atoms. The summed E-state index contributed by atoms with van der Waals surface area (Å²) in [7, 11) is 0. The molecule has 206 valence electrons. The molecule has 0 spiro atoms. The normalized spacial score (nSPS) is 11.0. The Bertz CT molecular complexity index is 487. The molecule has 0 amide bonds. The minimum absolute atomic E-state index is 0.0689. The maximum absolute atomic E-state index is 12.3. The molecule has 0 aliphatic heterocycles. The van der Waals surface area contributed by atoms with Crippen LogP contribution in [0.25, 0.3) is 0 Å². The summed E-state index contributed by atoms with van der Waals surface area (Å²) < 4.78 is 16.2. The Labute approximate surface area is 215 Å². The van der Waals surface area contributed by atoms with Crippen molar-refractivity contribution >= 4 is 17.9 Å². The van der Waals surface area contributed by atoms with E-state index in [0.717, 1.165) is 64.2 Å². The molecule has 35 heavy (non-hydrogen) atoms. The van der Waals surface area contributed by atoms with Gasteiger partial charge in [0.1, 0.15) is 13.2 Å². The van der Waals surface area contributed by atoms with E-state index in [1.807, 2.05) is 0 Å². The van der Waals surface area contributed by atoms with Crippen LogP contribution in [-0.4, -0.2) is 37.2 Å². The predicted molar refractivity (Wildman–Crippen MR) is 141 cm³/mol. The van der Waals surface area contributed by atoms with Crippen molar-refractivity contribution in [1.82, 2.24) is 0 Å². The summed E-state index contributed by atoms with van der Waals surface area (Å²) in [5, 5.41) is 0. The van der Waals surface area contributed by atoms with E-state index in [-0.39, 0.29) is 31.1 Å². The maximum atomic E-state index is 12.3. The molecule has 0 aromatic rings. The van der Waals surface area contributed by atoms with E-state index in [1.54, 1.807) is 0 Å². The zero-order valence-corrected chi connectivity index (χ0v) is 23.1. The Kier molecular flexibility index (Phi) is 24.3. The van der Waals surface area contributed by atoms with Gasteiger partial charge in [-0.05, 0) is 19.3 Å². The second-order valence-electron chi connectivity index (χ2n) is 9.68. The third-order valence-electron chi connectivity index (χ3n) is 6.11. The van der Waals surface area contributed by atoms with Crippen molar-refractivity contribution in [3.63, 3.8) is 0 Å². The van der Waals surface area contributed by atoms with Gasteiger partial charge in [-0.15, -0.1) is 0 Å². The van der Waals surface area contributed by atoms with Crippen LogP contribution in [-0.2, 0) is 28.6 Å². The van der Waals surface area contributed by atoms with Gasteiger partial charge >= 0.3 is 17.9 Å². The van der Waals surface area contributed by atoms with Gasteiger partial charge in [0.2, 0.25) is 0 Å². The smallest absolute Gasteiger partial charge is 0.306 e. The molecule has 6 nitrogen and oxygen atoms in total. The van der Waals surface area contributed by atoms with E-state index in [4.69, 9.17) is 14.2 Å². The van der Waals surface area contributed by atoms with Crippen LogP contribution >= 0.6 is 0 Å². The second-order valence-corrected chi connectivity index (χ2v) is 9.68. The minimum atomic E-state index is -0.750. The van der Waals surface area contributed by atoms with Crippen LogP contribution in [0.3, 0.4) is 0 Å². The lowest BCUT2D eigenvalue weighted by molar-refractivity contribution is -0.167. The Balaban J connectivity index is 4.35. The third kappa shape index (κ3) is 23.9. The standard InChI is InChI=1S/C29H54O6/c1-4-7-10-13-16-18-21-27(30)33-24-26(35-29(32)23-20-15-12-9-6-3)25-34-28(31)22-19-17-14-11-8-5-2/h26H,4-25H2,1-3H3. The highest BCUT2D eigenvalue weighted by Crippen LogP contribution is 2.11. The van der Waals surface area contributed by atoms with Crippen molar-refractivity contribution < 1.29 is 28.6 Å². The molecule has 0 aromatic carbocycles. The monoisotopic (exact) mass is 498 g/mol. The number of rotatable bonds is 25. The van der Waals surface area contributed by atoms with E-state index >= 15 is 0 Å². The average Bonchev–Trinajstić information content (AvgIpc) is 2.85. The molecule has 0 saturated heterocycles. The second kappa shape index (κ2) is 25.5. The number of unbranched alkanes of at least 4 members (excludes halogenated alkanes) is 14. The van der Waals surface area contributed by atoms with E-state index in [2.05, 4.69) is 20.8 Å². The Morgan fingerprint density at radius 2 is 0.771 bits per heavy atom. The molecule has 0 N–H and O–H groups in total. The van der Waals surface area contributed by atoms with Crippen LogP contribution in [0.15, 0.2) is 0 Å². The maximum Gasteiger partial charge on any atom is 0.306 e. The van der Waals surface area contributed by atoms with Crippen molar-refractivity contribution in [2.45, 2.75) is 155 Å². The quantitative estimate of drug-likeness (QED) is 0.0724. The van der Waals surface area contributed by atoms with E-state index < -0.39 is 6.10 Å². The highest BCUT2D eigenvalue weighted by Gasteiger charge is 2.19. The van der Waals surface area contributed by atoms with Gasteiger partial charge in [0.15, 0.2) is 6.10 Å². The zero-order chi connectivity index (χ0) is 26.0. The summed E-state index contributed by atoms with van der Waals surface area (Å²) in [6, 6.07) is 0. The van der Waals surface area contributed by atoms with Crippen molar-refractivity contribution in [2.24, 2.45) is 0 Å².